The highest BCUT2D eigenvalue weighted by molar-refractivity contribution is 7.85. The molecule has 1 N–H and O–H groups in total. The van der Waals surface area contributed by atoms with Gasteiger partial charge in [-0.3, -0.25) is 9.00 Å². The number of carbonyl (C=O) groups is 1. The van der Waals surface area contributed by atoms with E-state index in [1.807, 2.05) is 12.1 Å². The number of benzene rings is 1. The minimum atomic E-state index is -0.893. The van der Waals surface area contributed by atoms with Crippen LogP contribution in [-0.4, -0.2) is 26.8 Å². The van der Waals surface area contributed by atoms with Crippen molar-refractivity contribution in [2.24, 2.45) is 5.41 Å². The van der Waals surface area contributed by atoms with E-state index >= 15 is 0 Å². The smallest absolute Gasteiger partial charge is 0.303 e. The normalized spacial score (nSPS) is 24.1. The van der Waals surface area contributed by atoms with E-state index in [1.54, 1.807) is 0 Å². The number of carboxylic acid groups (broad SMARTS) is 1. The van der Waals surface area contributed by atoms with Crippen LogP contribution in [0.1, 0.15) is 36.3 Å². The lowest BCUT2D eigenvalue weighted by Gasteiger charge is -2.30. The third-order valence-corrected chi connectivity index (χ3v) is 6.01. The molecular formula is C15H18O3S. The van der Waals surface area contributed by atoms with Crippen LogP contribution in [0, 0.1) is 5.41 Å². The Morgan fingerprint density at radius 1 is 1.37 bits per heavy atom. The number of hydrogen-bond donors (Lipinski definition) is 1. The summed E-state index contributed by atoms with van der Waals surface area (Å²) in [6.07, 6.45) is 3.05. The van der Waals surface area contributed by atoms with E-state index in [2.05, 4.69) is 12.1 Å². The van der Waals surface area contributed by atoms with Gasteiger partial charge in [-0.05, 0) is 41.7 Å². The van der Waals surface area contributed by atoms with Gasteiger partial charge >= 0.3 is 5.97 Å². The van der Waals surface area contributed by atoms with Gasteiger partial charge in [0, 0.05) is 22.3 Å². The van der Waals surface area contributed by atoms with Gasteiger partial charge in [0.15, 0.2) is 0 Å². The van der Waals surface area contributed by atoms with Crippen LogP contribution in [-0.2, 0) is 22.0 Å². The summed E-state index contributed by atoms with van der Waals surface area (Å²) in [6, 6.07) is 8.31. The third kappa shape index (κ3) is 2.73. The number of aliphatic carboxylic acids is 1. The molecule has 102 valence electrons. The Bertz CT molecular complexity index is 534. The molecule has 0 radical (unpaired) electrons. The Balaban J connectivity index is 1.55. The number of rotatable bonds is 6. The summed E-state index contributed by atoms with van der Waals surface area (Å²) in [4.78, 5) is 10.8. The lowest BCUT2D eigenvalue weighted by Crippen LogP contribution is -2.26. The summed E-state index contributed by atoms with van der Waals surface area (Å²) in [7, 11) is -0.893. The van der Waals surface area contributed by atoms with Crippen LogP contribution < -0.4 is 0 Å². The summed E-state index contributed by atoms with van der Waals surface area (Å²) in [5.74, 6) is 0.914. The van der Waals surface area contributed by atoms with Crippen molar-refractivity contribution in [2.75, 3.05) is 11.5 Å². The second-order valence-corrected chi connectivity index (χ2v) is 7.42. The molecule has 1 fully saturated rings. The topological polar surface area (TPSA) is 54.4 Å². The molecule has 2 aliphatic carbocycles. The van der Waals surface area contributed by atoms with Gasteiger partial charge in [-0.25, -0.2) is 0 Å². The maximum Gasteiger partial charge on any atom is 0.303 e. The Kier molecular flexibility index (Phi) is 3.21. The van der Waals surface area contributed by atoms with E-state index in [9.17, 15) is 9.00 Å². The summed E-state index contributed by atoms with van der Waals surface area (Å²) < 4.78 is 12.2. The van der Waals surface area contributed by atoms with Crippen molar-refractivity contribution in [3.8, 4) is 0 Å². The first-order chi connectivity index (χ1) is 9.08. The predicted molar refractivity (Wildman–Crippen MR) is 74.7 cm³/mol. The second-order valence-electron chi connectivity index (χ2n) is 5.92. The first-order valence-electron chi connectivity index (χ1n) is 6.73. The fraction of sp³-hybridized carbons (Fsp3) is 0.533. The fourth-order valence-electron chi connectivity index (χ4n) is 3.01. The van der Waals surface area contributed by atoms with Crippen LogP contribution in [0.3, 0.4) is 0 Å². The molecule has 4 heteroatoms. The third-order valence-electron chi connectivity index (χ3n) is 4.30. The maximum atomic E-state index is 12.2. The van der Waals surface area contributed by atoms with Gasteiger partial charge in [-0.15, -0.1) is 0 Å². The number of hydrogen-bond acceptors (Lipinski definition) is 2. The zero-order chi connectivity index (χ0) is 13.5. The molecule has 3 rings (SSSR count). The zero-order valence-corrected chi connectivity index (χ0v) is 11.6. The van der Waals surface area contributed by atoms with Crippen LogP contribution in [0.25, 0.3) is 0 Å². The van der Waals surface area contributed by atoms with Crippen LogP contribution >= 0.6 is 0 Å². The summed E-state index contributed by atoms with van der Waals surface area (Å²) in [5, 5.41) is 8.87. The molecule has 1 aromatic carbocycles. The molecule has 2 atom stereocenters. The Morgan fingerprint density at radius 2 is 2.11 bits per heavy atom. The molecule has 2 aliphatic rings. The van der Waals surface area contributed by atoms with Crippen LogP contribution in [0.4, 0.5) is 0 Å². The molecule has 0 bridgehead atoms. The molecule has 0 saturated heterocycles. The highest BCUT2D eigenvalue weighted by Crippen LogP contribution is 2.49. The average Bonchev–Trinajstić information content (AvgIpc) is 3.04. The van der Waals surface area contributed by atoms with E-state index in [-0.39, 0.29) is 11.8 Å². The minimum absolute atomic E-state index is 0.153. The average molecular weight is 278 g/mol. The standard InChI is InChI=1S/C15H18O3S/c16-14(17)8-15(5-6-15)10-19(18)9-12-7-11-3-1-2-4-13(11)12/h1-4,12H,5-10H2,(H,16,17). The molecule has 1 aromatic rings. The summed E-state index contributed by atoms with van der Waals surface area (Å²) in [6.45, 7) is 0. The van der Waals surface area contributed by atoms with Gasteiger partial charge in [0.05, 0.1) is 6.42 Å². The first-order valence-corrected chi connectivity index (χ1v) is 8.21. The summed E-state index contributed by atoms with van der Waals surface area (Å²) >= 11 is 0. The molecule has 2 unspecified atom stereocenters. The van der Waals surface area contributed by atoms with Gasteiger partial charge in [0.25, 0.3) is 0 Å². The van der Waals surface area contributed by atoms with Crippen molar-refractivity contribution >= 4 is 16.8 Å². The monoisotopic (exact) mass is 278 g/mol. The SMILES string of the molecule is O=C(O)CC1(CS(=O)CC2Cc3ccccc32)CC1. The molecule has 1 saturated carbocycles. The van der Waals surface area contributed by atoms with E-state index in [0.29, 0.717) is 17.4 Å². The highest BCUT2D eigenvalue weighted by Gasteiger charge is 2.46. The molecular weight excluding hydrogens is 260 g/mol. The Morgan fingerprint density at radius 3 is 2.74 bits per heavy atom. The number of fused-ring (bicyclic) bond motifs is 1. The van der Waals surface area contributed by atoms with Gasteiger partial charge < -0.3 is 5.11 Å². The molecule has 0 amide bonds. The zero-order valence-electron chi connectivity index (χ0n) is 10.8. The Labute approximate surface area is 115 Å². The molecule has 0 aromatic heterocycles. The van der Waals surface area contributed by atoms with Crippen molar-refractivity contribution in [1.82, 2.24) is 0 Å². The quantitative estimate of drug-likeness (QED) is 0.869. The van der Waals surface area contributed by atoms with Crippen LogP contribution in [0.5, 0.6) is 0 Å². The lowest BCUT2D eigenvalue weighted by molar-refractivity contribution is -0.138. The van der Waals surface area contributed by atoms with E-state index in [4.69, 9.17) is 5.11 Å². The summed E-state index contributed by atoms with van der Waals surface area (Å²) in [5.41, 5.74) is 2.55. The van der Waals surface area contributed by atoms with Gasteiger partial charge in [0.1, 0.15) is 0 Å². The molecule has 0 spiro atoms. The largest absolute Gasteiger partial charge is 0.481 e. The van der Waals surface area contributed by atoms with Crippen molar-refractivity contribution in [1.29, 1.82) is 0 Å². The fourth-order valence-corrected chi connectivity index (χ4v) is 4.94. The second kappa shape index (κ2) is 4.75. The van der Waals surface area contributed by atoms with E-state index < -0.39 is 16.8 Å². The van der Waals surface area contributed by atoms with Crippen molar-refractivity contribution in [2.45, 2.75) is 31.6 Å². The predicted octanol–water partition coefficient (Wildman–Crippen LogP) is 2.33. The van der Waals surface area contributed by atoms with Crippen molar-refractivity contribution < 1.29 is 14.1 Å². The van der Waals surface area contributed by atoms with Gasteiger partial charge in [-0.1, -0.05) is 24.3 Å². The Hall–Kier alpha value is -1.16. The lowest BCUT2D eigenvalue weighted by atomic mass is 9.79. The van der Waals surface area contributed by atoms with E-state index in [1.165, 1.54) is 11.1 Å². The van der Waals surface area contributed by atoms with Crippen LogP contribution in [0.15, 0.2) is 24.3 Å². The maximum absolute atomic E-state index is 12.2. The van der Waals surface area contributed by atoms with Crippen molar-refractivity contribution in [3.63, 3.8) is 0 Å². The molecule has 3 nitrogen and oxygen atoms in total. The van der Waals surface area contributed by atoms with Gasteiger partial charge in [0.2, 0.25) is 0 Å². The molecule has 0 aliphatic heterocycles. The van der Waals surface area contributed by atoms with Crippen LogP contribution in [0.2, 0.25) is 0 Å². The van der Waals surface area contributed by atoms with Gasteiger partial charge in [-0.2, -0.15) is 0 Å². The first kappa shape index (κ1) is 12.9. The number of carboxylic acids is 1. The van der Waals surface area contributed by atoms with Crippen molar-refractivity contribution in [3.05, 3.63) is 35.4 Å². The van der Waals surface area contributed by atoms with E-state index in [0.717, 1.165) is 19.3 Å². The highest BCUT2D eigenvalue weighted by atomic mass is 32.2. The molecule has 0 heterocycles. The molecule has 19 heavy (non-hydrogen) atoms. The minimum Gasteiger partial charge on any atom is -0.481 e.